The number of hydrogen-bond donors (Lipinski definition) is 4. The number of H-pyrrole nitrogens is 1. The van der Waals surface area contributed by atoms with E-state index in [1.165, 1.54) is 0 Å². The second kappa shape index (κ2) is 8.28. The van der Waals surface area contributed by atoms with Crippen LogP contribution in [-0.2, 0) is 17.6 Å². The Bertz CT molecular complexity index is 1040. The maximum absolute atomic E-state index is 11.3. The quantitative estimate of drug-likeness (QED) is 0.483. The van der Waals surface area contributed by atoms with Crippen molar-refractivity contribution in [1.29, 1.82) is 0 Å². The summed E-state index contributed by atoms with van der Waals surface area (Å²) in [7, 11) is 0. The Kier molecular flexibility index (Phi) is 5.81. The molecule has 7 nitrogen and oxygen atoms in total. The van der Waals surface area contributed by atoms with Gasteiger partial charge in [-0.2, -0.15) is 0 Å². The van der Waals surface area contributed by atoms with Crippen LogP contribution in [0.4, 0.5) is 0 Å². The number of aromatic amines is 1. The molecular formula is C20H20N2O5S. The van der Waals surface area contributed by atoms with E-state index in [2.05, 4.69) is 4.98 Å². The molecule has 0 saturated heterocycles. The molecule has 1 unspecified atom stereocenters. The van der Waals surface area contributed by atoms with Gasteiger partial charge in [0.2, 0.25) is 5.88 Å². The van der Waals surface area contributed by atoms with Gasteiger partial charge in [0.15, 0.2) is 0 Å². The van der Waals surface area contributed by atoms with Crippen molar-refractivity contribution in [3.8, 4) is 17.4 Å². The average molecular weight is 400 g/mol. The molecule has 0 fully saturated rings. The number of thiazole rings is 1. The van der Waals surface area contributed by atoms with Crippen LogP contribution in [0.15, 0.2) is 47.3 Å². The molecule has 0 aliphatic carbocycles. The topological polar surface area (TPSA) is 126 Å². The Hall–Kier alpha value is -3.10. The second-order valence-corrected chi connectivity index (χ2v) is 7.53. The molecule has 0 aliphatic heterocycles. The first-order valence-corrected chi connectivity index (χ1v) is 9.39. The van der Waals surface area contributed by atoms with Crippen LogP contribution in [0.1, 0.15) is 21.6 Å². The van der Waals surface area contributed by atoms with Gasteiger partial charge in [0.1, 0.15) is 17.5 Å². The fraction of sp³-hybridized carbons (Fsp3) is 0.200. The molecule has 1 atom stereocenters. The fourth-order valence-corrected chi connectivity index (χ4v) is 3.51. The van der Waals surface area contributed by atoms with Crippen LogP contribution in [0.5, 0.6) is 17.4 Å². The fourth-order valence-electron chi connectivity index (χ4n) is 2.76. The molecule has 28 heavy (non-hydrogen) atoms. The van der Waals surface area contributed by atoms with Crippen molar-refractivity contribution in [1.82, 2.24) is 4.98 Å². The lowest BCUT2D eigenvalue weighted by Gasteiger charge is -2.11. The molecule has 0 amide bonds. The van der Waals surface area contributed by atoms with Crippen LogP contribution < -0.4 is 15.3 Å². The number of hydrogen-bond acceptors (Lipinski definition) is 6. The SMILES string of the molecule is Cc1cc(Cc2sc(=O)[nH]c2O)ccc1Oc1ccc(CC(N)C(=O)O)cc1. The summed E-state index contributed by atoms with van der Waals surface area (Å²) < 4.78 is 5.90. The third-order valence-electron chi connectivity index (χ3n) is 4.23. The summed E-state index contributed by atoms with van der Waals surface area (Å²) in [5.41, 5.74) is 8.23. The Morgan fingerprint density at radius 1 is 1.21 bits per heavy atom. The molecule has 5 N–H and O–H groups in total. The number of rotatable bonds is 7. The zero-order valence-corrected chi connectivity index (χ0v) is 16.0. The number of ether oxygens (including phenoxy) is 1. The van der Waals surface area contributed by atoms with Crippen LogP contribution in [0.2, 0.25) is 0 Å². The first-order chi connectivity index (χ1) is 13.3. The number of aryl methyl sites for hydroxylation is 1. The molecule has 2 aromatic carbocycles. The lowest BCUT2D eigenvalue weighted by molar-refractivity contribution is -0.138. The number of carboxylic acid groups (broad SMARTS) is 1. The summed E-state index contributed by atoms with van der Waals surface area (Å²) >= 11 is 0.991. The van der Waals surface area contributed by atoms with Crippen LogP contribution in [0.3, 0.4) is 0 Å². The summed E-state index contributed by atoms with van der Waals surface area (Å²) in [4.78, 5) is 24.8. The maximum atomic E-state index is 11.3. The van der Waals surface area contributed by atoms with Gasteiger partial charge in [-0.1, -0.05) is 35.6 Å². The molecule has 1 aromatic heterocycles. The summed E-state index contributed by atoms with van der Waals surface area (Å²) in [5, 5.41) is 18.6. The van der Waals surface area contributed by atoms with Crippen molar-refractivity contribution in [2.75, 3.05) is 0 Å². The zero-order valence-electron chi connectivity index (χ0n) is 15.1. The van der Waals surface area contributed by atoms with E-state index in [0.29, 0.717) is 22.8 Å². The lowest BCUT2D eigenvalue weighted by atomic mass is 10.1. The van der Waals surface area contributed by atoms with E-state index in [4.69, 9.17) is 15.6 Å². The molecule has 8 heteroatoms. The van der Waals surface area contributed by atoms with Crippen molar-refractivity contribution in [2.24, 2.45) is 5.73 Å². The first kappa shape index (κ1) is 19.7. The van der Waals surface area contributed by atoms with Gasteiger partial charge in [0.05, 0.1) is 4.88 Å². The highest BCUT2D eigenvalue weighted by atomic mass is 32.1. The third kappa shape index (κ3) is 4.79. The minimum absolute atomic E-state index is 0.0873. The molecule has 0 aliphatic rings. The van der Waals surface area contributed by atoms with Crippen molar-refractivity contribution < 1.29 is 19.7 Å². The number of aromatic hydroxyl groups is 1. The number of nitrogens with one attached hydrogen (secondary N) is 1. The van der Waals surface area contributed by atoms with E-state index in [-0.39, 0.29) is 17.2 Å². The highest BCUT2D eigenvalue weighted by molar-refractivity contribution is 7.09. The molecule has 0 bridgehead atoms. The molecular weight excluding hydrogens is 380 g/mol. The minimum atomic E-state index is -1.03. The molecule has 1 heterocycles. The standard InChI is InChI=1S/C20H20N2O5S/c1-11-8-13(10-17-18(23)22-20(26)28-17)4-7-16(11)27-14-5-2-12(3-6-14)9-15(21)19(24)25/h2-8,15,23H,9-10,21H2,1H3,(H,22,26)(H,24,25). The van der Waals surface area contributed by atoms with Gasteiger partial charge in [-0.15, -0.1) is 0 Å². The van der Waals surface area contributed by atoms with Crippen LogP contribution in [-0.4, -0.2) is 27.2 Å². The van der Waals surface area contributed by atoms with Crippen LogP contribution in [0.25, 0.3) is 0 Å². The predicted octanol–water partition coefficient (Wildman–Crippen LogP) is 2.79. The lowest BCUT2D eigenvalue weighted by Crippen LogP contribution is -2.32. The molecule has 0 spiro atoms. The molecule has 3 rings (SSSR count). The maximum Gasteiger partial charge on any atom is 0.320 e. The van der Waals surface area contributed by atoms with Gasteiger partial charge in [0, 0.05) is 6.42 Å². The summed E-state index contributed by atoms with van der Waals surface area (Å²) in [6, 6.07) is 11.9. The summed E-state index contributed by atoms with van der Waals surface area (Å²) in [6.45, 7) is 1.92. The van der Waals surface area contributed by atoms with Gasteiger partial charge in [-0.3, -0.25) is 14.6 Å². The van der Waals surface area contributed by atoms with Crippen molar-refractivity contribution in [3.05, 3.63) is 73.7 Å². The number of aliphatic carboxylic acids is 1. The predicted molar refractivity (Wildman–Crippen MR) is 106 cm³/mol. The summed E-state index contributed by atoms with van der Waals surface area (Å²) in [5.74, 6) is 0.196. The average Bonchev–Trinajstić information content (AvgIpc) is 2.96. The van der Waals surface area contributed by atoms with Gasteiger partial charge in [-0.05, 0) is 48.2 Å². The van der Waals surface area contributed by atoms with E-state index in [1.54, 1.807) is 24.3 Å². The van der Waals surface area contributed by atoms with Gasteiger partial charge in [0.25, 0.3) is 0 Å². The first-order valence-electron chi connectivity index (χ1n) is 8.57. The number of aromatic nitrogens is 1. The van der Waals surface area contributed by atoms with Gasteiger partial charge >= 0.3 is 10.8 Å². The smallest absolute Gasteiger partial charge is 0.320 e. The Morgan fingerprint density at radius 3 is 2.46 bits per heavy atom. The normalized spacial score (nSPS) is 11.9. The van der Waals surface area contributed by atoms with Crippen molar-refractivity contribution in [2.45, 2.75) is 25.8 Å². The zero-order chi connectivity index (χ0) is 20.3. The Balaban J connectivity index is 1.68. The molecule has 0 radical (unpaired) electrons. The van der Waals surface area contributed by atoms with Gasteiger partial charge < -0.3 is 20.7 Å². The van der Waals surface area contributed by atoms with E-state index in [9.17, 15) is 14.7 Å². The van der Waals surface area contributed by atoms with Crippen LogP contribution in [0, 0.1) is 6.92 Å². The number of carboxylic acids is 1. The van der Waals surface area contributed by atoms with Crippen molar-refractivity contribution in [3.63, 3.8) is 0 Å². The second-order valence-electron chi connectivity index (χ2n) is 6.46. The third-order valence-corrected chi connectivity index (χ3v) is 5.10. The Labute approximate surface area is 165 Å². The Morgan fingerprint density at radius 2 is 1.89 bits per heavy atom. The highest BCUT2D eigenvalue weighted by Gasteiger charge is 2.12. The van der Waals surface area contributed by atoms with E-state index < -0.39 is 12.0 Å². The molecule has 146 valence electrons. The highest BCUT2D eigenvalue weighted by Crippen LogP contribution is 2.28. The van der Waals surface area contributed by atoms with Crippen LogP contribution >= 0.6 is 11.3 Å². The monoisotopic (exact) mass is 400 g/mol. The van der Waals surface area contributed by atoms with E-state index in [1.807, 2.05) is 25.1 Å². The number of benzene rings is 2. The minimum Gasteiger partial charge on any atom is -0.494 e. The van der Waals surface area contributed by atoms with E-state index >= 15 is 0 Å². The largest absolute Gasteiger partial charge is 0.494 e. The number of nitrogens with two attached hydrogens (primary N) is 1. The van der Waals surface area contributed by atoms with E-state index in [0.717, 1.165) is 28.0 Å². The van der Waals surface area contributed by atoms with Gasteiger partial charge in [-0.25, -0.2) is 0 Å². The van der Waals surface area contributed by atoms with Crippen molar-refractivity contribution >= 4 is 17.3 Å². The molecule has 3 aromatic rings. The molecule has 0 saturated carbocycles. The summed E-state index contributed by atoms with van der Waals surface area (Å²) in [6.07, 6.45) is 0.705. The number of carbonyl (C=O) groups is 1.